The number of carbonyl (C=O) groups is 1. The average molecular weight is 314 g/mol. The topological polar surface area (TPSA) is 41.1 Å². The summed E-state index contributed by atoms with van der Waals surface area (Å²) in [5.41, 5.74) is 1.59. The van der Waals surface area contributed by atoms with Gasteiger partial charge in [-0.15, -0.1) is 0 Å². The molecule has 0 heterocycles. The van der Waals surface area contributed by atoms with Crippen LogP contribution < -0.4 is 10.6 Å². The quantitative estimate of drug-likeness (QED) is 0.886. The first-order valence-electron chi connectivity index (χ1n) is 7.53. The third kappa shape index (κ3) is 4.73. The fraction of sp³-hybridized carbons (Fsp3) is 0.562. The molecule has 0 bridgehead atoms. The predicted octanol–water partition coefficient (Wildman–Crippen LogP) is 3.86. The highest BCUT2D eigenvalue weighted by molar-refractivity contribution is 5.88. The number of rotatable bonds is 4. The lowest BCUT2D eigenvalue weighted by Gasteiger charge is -2.33. The lowest BCUT2D eigenvalue weighted by molar-refractivity contribution is -0.189. The van der Waals surface area contributed by atoms with Gasteiger partial charge >= 0.3 is 6.18 Å². The summed E-state index contributed by atoms with van der Waals surface area (Å²) in [6.07, 6.45) is -1.87. The second kappa shape index (κ2) is 7.13. The summed E-state index contributed by atoms with van der Waals surface area (Å²) >= 11 is 0. The minimum Gasteiger partial charge on any atom is -0.326 e. The number of nitrogens with one attached hydrogen (secondary N) is 2. The van der Waals surface area contributed by atoms with Crippen molar-refractivity contribution < 1.29 is 18.0 Å². The van der Waals surface area contributed by atoms with E-state index >= 15 is 0 Å². The van der Waals surface area contributed by atoms with Gasteiger partial charge in [0, 0.05) is 25.2 Å². The number of benzene rings is 1. The standard InChI is InChI=1S/C16H21F3N2O/c1-11(22)21-13-8-6-12(7-9-13)10-20-15-5-3-2-4-14(15)16(17,18)19/h6-9,14-15,20H,2-5,10H2,1H3,(H,21,22)/t14-,15-/m0/s1. The first kappa shape index (κ1) is 16.8. The highest BCUT2D eigenvalue weighted by Crippen LogP contribution is 2.37. The van der Waals surface area contributed by atoms with E-state index in [0.717, 1.165) is 12.0 Å². The van der Waals surface area contributed by atoms with Gasteiger partial charge in [-0.3, -0.25) is 4.79 Å². The van der Waals surface area contributed by atoms with Crippen molar-refractivity contribution in [2.45, 2.75) is 51.4 Å². The van der Waals surface area contributed by atoms with Gasteiger partial charge in [-0.25, -0.2) is 0 Å². The second-order valence-electron chi connectivity index (χ2n) is 5.80. The number of amides is 1. The summed E-state index contributed by atoms with van der Waals surface area (Å²) in [5.74, 6) is -1.40. The van der Waals surface area contributed by atoms with Crippen LogP contribution in [0.25, 0.3) is 0 Å². The molecule has 1 aliphatic carbocycles. The zero-order chi connectivity index (χ0) is 16.2. The van der Waals surface area contributed by atoms with Crippen LogP contribution in [0.1, 0.15) is 38.2 Å². The van der Waals surface area contributed by atoms with Gasteiger partial charge in [-0.2, -0.15) is 13.2 Å². The van der Waals surface area contributed by atoms with E-state index < -0.39 is 18.1 Å². The molecular formula is C16H21F3N2O. The normalized spacial score (nSPS) is 22.4. The van der Waals surface area contributed by atoms with E-state index in [0.29, 0.717) is 25.1 Å². The minimum atomic E-state index is -4.13. The smallest absolute Gasteiger partial charge is 0.326 e. The summed E-state index contributed by atoms with van der Waals surface area (Å²) in [6, 6.07) is 6.61. The van der Waals surface area contributed by atoms with Crippen molar-refractivity contribution >= 4 is 11.6 Å². The molecule has 1 amide bonds. The van der Waals surface area contributed by atoms with Gasteiger partial charge in [-0.05, 0) is 30.5 Å². The molecule has 2 N–H and O–H groups in total. The summed E-state index contributed by atoms with van der Waals surface area (Å²) in [6.45, 7) is 1.83. The molecular weight excluding hydrogens is 293 g/mol. The van der Waals surface area contributed by atoms with Crippen molar-refractivity contribution in [2.75, 3.05) is 5.32 Å². The molecule has 22 heavy (non-hydrogen) atoms. The molecule has 1 aromatic carbocycles. The third-order valence-corrected chi connectivity index (χ3v) is 4.03. The van der Waals surface area contributed by atoms with Crippen LogP contribution >= 0.6 is 0 Å². The third-order valence-electron chi connectivity index (χ3n) is 4.03. The van der Waals surface area contributed by atoms with Crippen molar-refractivity contribution in [1.29, 1.82) is 0 Å². The lowest BCUT2D eigenvalue weighted by Crippen LogP contribution is -2.45. The molecule has 6 heteroatoms. The minimum absolute atomic E-state index is 0.152. The molecule has 1 aromatic rings. The lowest BCUT2D eigenvalue weighted by atomic mass is 9.84. The van der Waals surface area contributed by atoms with E-state index in [1.807, 2.05) is 12.1 Å². The van der Waals surface area contributed by atoms with Gasteiger partial charge < -0.3 is 10.6 Å². The maximum atomic E-state index is 13.0. The van der Waals surface area contributed by atoms with Gasteiger partial charge in [0.1, 0.15) is 0 Å². The van der Waals surface area contributed by atoms with E-state index in [-0.39, 0.29) is 12.3 Å². The van der Waals surface area contributed by atoms with Crippen LogP contribution in [0, 0.1) is 5.92 Å². The molecule has 2 rings (SSSR count). The van der Waals surface area contributed by atoms with E-state index in [1.165, 1.54) is 6.92 Å². The number of halogens is 3. The Kier molecular flexibility index (Phi) is 5.45. The van der Waals surface area contributed by atoms with Crippen molar-refractivity contribution in [1.82, 2.24) is 5.32 Å². The highest BCUT2D eigenvalue weighted by Gasteiger charge is 2.45. The molecule has 0 unspecified atom stereocenters. The predicted molar refractivity (Wildman–Crippen MR) is 79.4 cm³/mol. The van der Waals surface area contributed by atoms with Crippen molar-refractivity contribution in [3.05, 3.63) is 29.8 Å². The first-order valence-corrected chi connectivity index (χ1v) is 7.53. The Balaban J connectivity index is 1.92. The fourth-order valence-electron chi connectivity index (χ4n) is 2.93. The Hall–Kier alpha value is -1.56. The SMILES string of the molecule is CC(=O)Nc1ccc(CN[C@H]2CCCC[C@@H]2C(F)(F)F)cc1. The molecule has 0 radical (unpaired) electrons. The van der Waals surface area contributed by atoms with Crippen molar-refractivity contribution in [2.24, 2.45) is 5.92 Å². The molecule has 1 saturated carbocycles. The summed E-state index contributed by atoms with van der Waals surface area (Å²) in [4.78, 5) is 10.9. The van der Waals surface area contributed by atoms with Gasteiger partial charge in [0.05, 0.1) is 5.92 Å². The number of alkyl halides is 3. The molecule has 2 atom stereocenters. The molecule has 122 valence electrons. The van der Waals surface area contributed by atoms with Crippen LogP contribution in [0.2, 0.25) is 0 Å². The number of anilines is 1. The van der Waals surface area contributed by atoms with Crippen molar-refractivity contribution in [3.63, 3.8) is 0 Å². The van der Waals surface area contributed by atoms with E-state index in [9.17, 15) is 18.0 Å². The molecule has 1 fully saturated rings. The van der Waals surface area contributed by atoms with Crippen LogP contribution in [0.4, 0.5) is 18.9 Å². The van der Waals surface area contributed by atoms with Gasteiger partial charge in [0.15, 0.2) is 0 Å². The summed E-state index contributed by atoms with van der Waals surface area (Å²) in [7, 11) is 0. The summed E-state index contributed by atoms with van der Waals surface area (Å²) in [5, 5.41) is 5.70. The number of hydrogen-bond donors (Lipinski definition) is 2. The molecule has 1 aliphatic rings. The van der Waals surface area contributed by atoms with Crippen LogP contribution in [-0.2, 0) is 11.3 Å². The van der Waals surface area contributed by atoms with E-state index in [2.05, 4.69) is 10.6 Å². The molecule has 3 nitrogen and oxygen atoms in total. The Morgan fingerprint density at radius 1 is 1.18 bits per heavy atom. The zero-order valence-electron chi connectivity index (χ0n) is 12.5. The Labute approximate surface area is 128 Å². The zero-order valence-corrected chi connectivity index (χ0v) is 12.5. The van der Waals surface area contributed by atoms with Crippen molar-refractivity contribution in [3.8, 4) is 0 Å². The maximum absolute atomic E-state index is 13.0. The Morgan fingerprint density at radius 3 is 2.41 bits per heavy atom. The second-order valence-corrected chi connectivity index (χ2v) is 5.80. The van der Waals surface area contributed by atoms with Crippen LogP contribution in [0.3, 0.4) is 0 Å². The van der Waals surface area contributed by atoms with E-state index in [4.69, 9.17) is 0 Å². The van der Waals surface area contributed by atoms with Crippen LogP contribution in [0.15, 0.2) is 24.3 Å². The number of hydrogen-bond acceptors (Lipinski definition) is 2. The number of carbonyl (C=O) groups excluding carboxylic acids is 1. The van der Waals surface area contributed by atoms with Gasteiger partial charge in [-0.1, -0.05) is 25.0 Å². The Bertz CT molecular complexity index is 499. The largest absolute Gasteiger partial charge is 0.393 e. The Morgan fingerprint density at radius 2 is 1.82 bits per heavy atom. The average Bonchev–Trinajstić information content (AvgIpc) is 2.45. The van der Waals surface area contributed by atoms with Gasteiger partial charge in [0.25, 0.3) is 0 Å². The highest BCUT2D eigenvalue weighted by atomic mass is 19.4. The first-order chi connectivity index (χ1) is 10.4. The molecule has 0 saturated heterocycles. The van der Waals surface area contributed by atoms with Crippen LogP contribution in [-0.4, -0.2) is 18.1 Å². The fourth-order valence-corrected chi connectivity index (χ4v) is 2.93. The van der Waals surface area contributed by atoms with Crippen LogP contribution in [0.5, 0.6) is 0 Å². The van der Waals surface area contributed by atoms with Gasteiger partial charge in [0.2, 0.25) is 5.91 Å². The summed E-state index contributed by atoms with van der Waals surface area (Å²) < 4.78 is 39.0. The molecule has 0 spiro atoms. The monoisotopic (exact) mass is 314 g/mol. The van der Waals surface area contributed by atoms with E-state index in [1.54, 1.807) is 12.1 Å². The molecule has 0 aliphatic heterocycles. The maximum Gasteiger partial charge on any atom is 0.393 e. The molecule has 0 aromatic heterocycles.